The van der Waals surface area contributed by atoms with Crippen molar-refractivity contribution in [1.82, 2.24) is 9.71 Å². The van der Waals surface area contributed by atoms with Gasteiger partial charge in [0.2, 0.25) is 10.0 Å². The van der Waals surface area contributed by atoms with Gasteiger partial charge in [0, 0.05) is 25.0 Å². The Morgan fingerprint density at radius 2 is 1.52 bits per heavy atom. The van der Waals surface area contributed by atoms with Gasteiger partial charge in [-0.25, -0.2) is 21.6 Å². The summed E-state index contributed by atoms with van der Waals surface area (Å²) in [5.41, 5.74) is 0.350. The van der Waals surface area contributed by atoms with Crippen LogP contribution in [0.15, 0.2) is 76.8 Å². The van der Waals surface area contributed by atoms with Crippen molar-refractivity contribution < 1.29 is 31.0 Å². The minimum atomic E-state index is -4.06. The van der Waals surface area contributed by atoms with Gasteiger partial charge in [-0.2, -0.15) is 0 Å². The Balaban J connectivity index is 1.95. The van der Waals surface area contributed by atoms with E-state index >= 15 is 0 Å². The van der Waals surface area contributed by atoms with E-state index in [1.54, 1.807) is 12.1 Å². The number of hydrogen-bond donors (Lipinski definition) is 1. The highest BCUT2D eigenvalue weighted by atomic mass is 32.2. The third-order valence-electron chi connectivity index (χ3n) is 4.94. The third kappa shape index (κ3) is 5.44. The Hall–Kier alpha value is -3.15. The van der Waals surface area contributed by atoms with Crippen molar-refractivity contribution in [1.29, 1.82) is 0 Å². The number of sulfonamides is 1. The Bertz CT molecular complexity index is 1290. The lowest BCUT2D eigenvalue weighted by atomic mass is 10.2. The molecule has 11 heteroatoms. The van der Waals surface area contributed by atoms with Gasteiger partial charge >= 0.3 is 0 Å². The second-order valence-electron chi connectivity index (χ2n) is 6.86. The highest BCUT2D eigenvalue weighted by Crippen LogP contribution is 2.31. The normalized spacial score (nSPS) is 12.7. The summed E-state index contributed by atoms with van der Waals surface area (Å²) in [6, 6.07) is 13.2. The van der Waals surface area contributed by atoms with E-state index in [-0.39, 0.29) is 15.5 Å². The van der Waals surface area contributed by atoms with Crippen LogP contribution in [0.3, 0.4) is 0 Å². The molecule has 0 saturated heterocycles. The summed E-state index contributed by atoms with van der Waals surface area (Å²) >= 11 is 0. The highest BCUT2D eigenvalue weighted by molar-refractivity contribution is 7.92. The number of ether oxygens (including phenoxy) is 3. The molecule has 2 aromatic carbocycles. The number of sulfone groups is 1. The van der Waals surface area contributed by atoms with Crippen LogP contribution in [0, 0.1) is 0 Å². The molecule has 3 rings (SSSR count). The van der Waals surface area contributed by atoms with Crippen molar-refractivity contribution in [3.63, 3.8) is 0 Å². The molecular formula is C22H24N2O7S2. The fourth-order valence-corrected chi connectivity index (χ4v) is 5.97. The lowest BCUT2D eigenvalue weighted by Crippen LogP contribution is -2.32. The van der Waals surface area contributed by atoms with Gasteiger partial charge in [0.05, 0.1) is 31.1 Å². The van der Waals surface area contributed by atoms with Crippen molar-refractivity contribution in [2.45, 2.75) is 15.0 Å². The molecule has 0 amide bonds. The first-order chi connectivity index (χ1) is 15.7. The molecule has 176 valence electrons. The number of methoxy groups -OCH3 is 3. The minimum absolute atomic E-state index is 0.0301. The zero-order valence-corrected chi connectivity index (χ0v) is 19.9. The molecule has 0 aliphatic heterocycles. The summed E-state index contributed by atoms with van der Waals surface area (Å²) in [5, 5.41) is -1.21. The van der Waals surface area contributed by atoms with Gasteiger partial charge in [0.25, 0.3) is 0 Å². The highest BCUT2D eigenvalue weighted by Gasteiger charge is 2.31. The maximum atomic E-state index is 13.4. The molecule has 0 aliphatic carbocycles. The number of pyridine rings is 1. The van der Waals surface area contributed by atoms with Crippen molar-refractivity contribution in [2.24, 2.45) is 0 Å². The van der Waals surface area contributed by atoms with Gasteiger partial charge < -0.3 is 14.2 Å². The van der Waals surface area contributed by atoms with Gasteiger partial charge in [0.1, 0.15) is 11.0 Å². The molecule has 0 fully saturated rings. The van der Waals surface area contributed by atoms with E-state index in [0.29, 0.717) is 17.1 Å². The molecule has 0 unspecified atom stereocenters. The van der Waals surface area contributed by atoms with Crippen LogP contribution in [-0.2, 0) is 19.9 Å². The fourth-order valence-electron chi connectivity index (χ4n) is 3.16. The first kappa shape index (κ1) is 24.5. The van der Waals surface area contributed by atoms with Crippen LogP contribution in [0.25, 0.3) is 0 Å². The molecule has 33 heavy (non-hydrogen) atoms. The van der Waals surface area contributed by atoms with Crippen LogP contribution in [-0.4, -0.2) is 49.7 Å². The lowest BCUT2D eigenvalue weighted by Gasteiger charge is -2.19. The van der Waals surface area contributed by atoms with Crippen molar-refractivity contribution in [3.8, 4) is 17.2 Å². The number of rotatable bonds is 10. The lowest BCUT2D eigenvalue weighted by molar-refractivity contribution is 0.354. The number of nitrogens with zero attached hydrogens (tertiary/aromatic N) is 1. The maximum Gasteiger partial charge on any atom is 0.240 e. The Morgan fingerprint density at radius 1 is 0.848 bits per heavy atom. The van der Waals surface area contributed by atoms with Crippen molar-refractivity contribution in [2.75, 3.05) is 27.9 Å². The van der Waals surface area contributed by atoms with Crippen molar-refractivity contribution >= 4 is 19.9 Å². The van der Waals surface area contributed by atoms with Crippen LogP contribution in [0.1, 0.15) is 10.8 Å². The largest absolute Gasteiger partial charge is 0.497 e. The third-order valence-corrected chi connectivity index (χ3v) is 8.48. The standard InChI is InChI=1S/C22H24N2O7S2/c1-29-17-6-8-18(9-7-17)32(25,26)22(16-5-4-12-23-14-16)15-24-33(27,28)19-10-11-20(30-2)21(13-19)31-3/h4-14,22,24H,15H2,1-3H3/t22-/m1/s1. The molecule has 0 spiro atoms. The molecule has 1 N–H and O–H groups in total. The minimum Gasteiger partial charge on any atom is -0.497 e. The molecule has 1 aromatic heterocycles. The Morgan fingerprint density at radius 3 is 2.09 bits per heavy atom. The summed E-state index contributed by atoms with van der Waals surface area (Å²) in [7, 11) is -3.73. The molecule has 0 aliphatic rings. The average Bonchev–Trinajstić information content (AvgIpc) is 2.84. The zero-order valence-electron chi connectivity index (χ0n) is 18.3. The predicted molar refractivity (Wildman–Crippen MR) is 122 cm³/mol. The van der Waals surface area contributed by atoms with Gasteiger partial charge in [0.15, 0.2) is 21.3 Å². The SMILES string of the molecule is COc1ccc(S(=O)(=O)[C@H](CNS(=O)(=O)c2ccc(OC)c(OC)c2)c2cccnc2)cc1. The molecule has 9 nitrogen and oxygen atoms in total. The number of benzene rings is 2. The molecule has 0 radical (unpaired) electrons. The van der Waals surface area contributed by atoms with Gasteiger partial charge in [-0.1, -0.05) is 6.07 Å². The summed E-state index contributed by atoms with van der Waals surface area (Å²) in [6.07, 6.45) is 2.91. The number of hydrogen-bond acceptors (Lipinski definition) is 8. The quantitative estimate of drug-likeness (QED) is 0.458. The van der Waals surface area contributed by atoms with E-state index in [9.17, 15) is 16.8 Å². The molecule has 0 bridgehead atoms. The first-order valence-corrected chi connectivity index (χ1v) is 12.8. The maximum absolute atomic E-state index is 13.4. The smallest absolute Gasteiger partial charge is 0.240 e. The molecule has 1 heterocycles. The van der Waals surface area contributed by atoms with E-state index < -0.39 is 31.7 Å². The predicted octanol–water partition coefficient (Wildman–Crippen LogP) is 2.60. The van der Waals surface area contributed by atoms with Crippen LogP contribution in [0.4, 0.5) is 0 Å². The number of aromatic nitrogens is 1. The van der Waals surface area contributed by atoms with E-state index in [2.05, 4.69) is 9.71 Å². The molecular weight excluding hydrogens is 468 g/mol. The van der Waals surface area contributed by atoms with Crippen LogP contribution < -0.4 is 18.9 Å². The van der Waals surface area contributed by atoms with Crippen LogP contribution in [0.2, 0.25) is 0 Å². The topological polar surface area (TPSA) is 121 Å². The van der Waals surface area contributed by atoms with E-state index in [4.69, 9.17) is 14.2 Å². The van der Waals surface area contributed by atoms with E-state index in [1.165, 1.54) is 76.2 Å². The number of nitrogens with one attached hydrogen (secondary N) is 1. The second kappa shape index (κ2) is 10.2. The molecule has 3 aromatic rings. The fraction of sp³-hybridized carbons (Fsp3) is 0.227. The first-order valence-electron chi connectivity index (χ1n) is 9.72. The van der Waals surface area contributed by atoms with Gasteiger partial charge in [-0.15, -0.1) is 0 Å². The Labute approximate surface area is 193 Å². The monoisotopic (exact) mass is 492 g/mol. The zero-order chi connectivity index (χ0) is 24.1. The van der Waals surface area contributed by atoms with Crippen LogP contribution in [0.5, 0.6) is 17.2 Å². The van der Waals surface area contributed by atoms with E-state index in [0.717, 1.165) is 0 Å². The van der Waals surface area contributed by atoms with Gasteiger partial charge in [-0.3, -0.25) is 4.98 Å². The van der Waals surface area contributed by atoms with Gasteiger partial charge in [-0.05, 0) is 48.0 Å². The van der Waals surface area contributed by atoms with Crippen molar-refractivity contribution in [3.05, 3.63) is 72.6 Å². The van der Waals surface area contributed by atoms with Crippen LogP contribution >= 0.6 is 0 Å². The Kier molecular flexibility index (Phi) is 7.57. The summed E-state index contributed by atoms with van der Waals surface area (Å²) in [6.45, 7) is -0.406. The molecule has 0 saturated carbocycles. The second-order valence-corrected chi connectivity index (χ2v) is 10.8. The summed E-state index contributed by atoms with van der Waals surface area (Å²) in [5.74, 6) is 1.10. The summed E-state index contributed by atoms with van der Waals surface area (Å²) in [4.78, 5) is 3.93. The molecule has 1 atom stereocenters. The average molecular weight is 493 g/mol. The summed E-state index contributed by atoms with van der Waals surface area (Å²) < 4.78 is 70.6. The van der Waals surface area contributed by atoms with E-state index in [1.807, 2.05) is 0 Å².